The van der Waals surface area contributed by atoms with Gasteiger partial charge in [-0.2, -0.15) is 5.10 Å². The summed E-state index contributed by atoms with van der Waals surface area (Å²) in [5.41, 5.74) is 3.34. The van der Waals surface area contributed by atoms with Crippen LogP contribution in [-0.4, -0.2) is 25.3 Å². The van der Waals surface area contributed by atoms with E-state index < -0.39 is 0 Å². The highest BCUT2D eigenvalue weighted by molar-refractivity contribution is 5.83. The van der Waals surface area contributed by atoms with Gasteiger partial charge in [0.2, 0.25) is 5.91 Å². The fourth-order valence-electron chi connectivity index (χ4n) is 1.69. The van der Waals surface area contributed by atoms with Gasteiger partial charge < -0.3 is 9.47 Å². The Balaban J connectivity index is 2.65. The Kier molecular flexibility index (Phi) is 7.29. The van der Waals surface area contributed by atoms with E-state index in [0.717, 1.165) is 18.4 Å². The zero-order chi connectivity index (χ0) is 15.7. The number of hydrogen-bond donors (Lipinski definition) is 1. The van der Waals surface area contributed by atoms with E-state index in [2.05, 4.69) is 10.5 Å². The summed E-state index contributed by atoms with van der Waals surface area (Å²) in [7, 11) is 1.59. The third kappa shape index (κ3) is 6.29. The molecule has 0 aliphatic heterocycles. The van der Waals surface area contributed by atoms with Crippen LogP contribution in [0.2, 0.25) is 0 Å². The standard InChI is InChI=1S/C16H24N2O3/c1-5-6-7-16(19)18-17-11-13-8-9-14(21-12(2)3)15(10-13)20-4/h8-12H,5-7H2,1-4H3,(H,18,19)/b17-11+. The van der Waals surface area contributed by atoms with Gasteiger partial charge in [-0.3, -0.25) is 4.79 Å². The van der Waals surface area contributed by atoms with Crippen molar-refractivity contribution in [3.8, 4) is 11.5 Å². The maximum absolute atomic E-state index is 11.4. The number of nitrogens with zero attached hydrogens (tertiary/aromatic N) is 1. The monoisotopic (exact) mass is 292 g/mol. The molecule has 0 aliphatic carbocycles. The van der Waals surface area contributed by atoms with Gasteiger partial charge in [0.1, 0.15) is 0 Å². The molecule has 0 saturated heterocycles. The van der Waals surface area contributed by atoms with Crippen molar-refractivity contribution in [1.29, 1.82) is 0 Å². The predicted octanol–water partition coefficient (Wildman–Crippen LogP) is 3.12. The Bertz CT molecular complexity index is 484. The largest absolute Gasteiger partial charge is 0.493 e. The fraction of sp³-hybridized carbons (Fsp3) is 0.500. The second-order valence-electron chi connectivity index (χ2n) is 4.97. The van der Waals surface area contributed by atoms with Gasteiger partial charge in [0, 0.05) is 6.42 Å². The van der Waals surface area contributed by atoms with E-state index in [1.807, 2.05) is 39.0 Å². The molecule has 0 heterocycles. The van der Waals surface area contributed by atoms with Crippen molar-refractivity contribution >= 4 is 12.1 Å². The molecule has 0 spiro atoms. The predicted molar refractivity (Wildman–Crippen MR) is 84.0 cm³/mol. The van der Waals surface area contributed by atoms with Crippen LogP contribution in [0.25, 0.3) is 0 Å². The van der Waals surface area contributed by atoms with Gasteiger partial charge in [-0.05, 0) is 44.0 Å². The third-order valence-electron chi connectivity index (χ3n) is 2.71. The van der Waals surface area contributed by atoms with Crippen LogP contribution in [0.15, 0.2) is 23.3 Å². The summed E-state index contributed by atoms with van der Waals surface area (Å²) in [5, 5.41) is 3.94. The summed E-state index contributed by atoms with van der Waals surface area (Å²) in [5.74, 6) is 1.27. The normalized spacial score (nSPS) is 10.9. The van der Waals surface area contributed by atoms with Gasteiger partial charge in [0.05, 0.1) is 19.4 Å². The molecule has 0 fully saturated rings. The summed E-state index contributed by atoms with van der Waals surface area (Å²) in [6.45, 7) is 5.96. The number of amides is 1. The van der Waals surface area contributed by atoms with Crippen molar-refractivity contribution in [2.75, 3.05) is 7.11 Å². The lowest BCUT2D eigenvalue weighted by Gasteiger charge is -2.13. The van der Waals surface area contributed by atoms with Crippen molar-refractivity contribution in [1.82, 2.24) is 5.43 Å². The number of nitrogens with one attached hydrogen (secondary N) is 1. The Labute approximate surface area is 126 Å². The first-order chi connectivity index (χ1) is 10.1. The number of methoxy groups -OCH3 is 1. The van der Waals surface area contributed by atoms with Crippen molar-refractivity contribution in [2.24, 2.45) is 5.10 Å². The number of carbonyl (C=O) groups excluding carboxylic acids is 1. The van der Waals surface area contributed by atoms with E-state index >= 15 is 0 Å². The maximum Gasteiger partial charge on any atom is 0.240 e. The number of hydrazone groups is 1. The molecule has 5 nitrogen and oxygen atoms in total. The van der Waals surface area contributed by atoms with Crippen LogP contribution in [0.1, 0.15) is 45.6 Å². The molecule has 1 aromatic rings. The summed E-state index contributed by atoms with van der Waals surface area (Å²) >= 11 is 0. The van der Waals surface area contributed by atoms with E-state index in [4.69, 9.17) is 9.47 Å². The SMILES string of the molecule is CCCCC(=O)N/N=C/c1ccc(OC(C)C)c(OC)c1. The van der Waals surface area contributed by atoms with Gasteiger partial charge in [-0.25, -0.2) is 5.43 Å². The topological polar surface area (TPSA) is 59.9 Å². The van der Waals surface area contributed by atoms with Crippen LogP contribution in [-0.2, 0) is 4.79 Å². The Morgan fingerprint density at radius 2 is 2.14 bits per heavy atom. The highest BCUT2D eigenvalue weighted by Crippen LogP contribution is 2.28. The smallest absolute Gasteiger partial charge is 0.240 e. The Morgan fingerprint density at radius 1 is 1.38 bits per heavy atom. The molecule has 0 atom stereocenters. The zero-order valence-corrected chi connectivity index (χ0v) is 13.2. The molecular weight excluding hydrogens is 268 g/mol. The number of hydrogen-bond acceptors (Lipinski definition) is 4. The molecule has 1 N–H and O–H groups in total. The molecule has 0 saturated carbocycles. The minimum atomic E-state index is -0.0696. The number of ether oxygens (including phenoxy) is 2. The first-order valence-electron chi connectivity index (χ1n) is 7.23. The van der Waals surface area contributed by atoms with Crippen LogP contribution in [0.4, 0.5) is 0 Å². The molecule has 1 amide bonds. The lowest BCUT2D eigenvalue weighted by atomic mass is 10.2. The first kappa shape index (κ1) is 17.0. The van der Waals surface area contributed by atoms with E-state index in [-0.39, 0.29) is 12.0 Å². The van der Waals surface area contributed by atoms with Gasteiger partial charge in [0.15, 0.2) is 11.5 Å². The van der Waals surface area contributed by atoms with Gasteiger partial charge >= 0.3 is 0 Å². The highest BCUT2D eigenvalue weighted by atomic mass is 16.5. The first-order valence-corrected chi connectivity index (χ1v) is 7.23. The molecule has 0 aromatic heterocycles. The quantitative estimate of drug-likeness (QED) is 0.591. The van der Waals surface area contributed by atoms with Gasteiger partial charge in [-0.15, -0.1) is 0 Å². The second kappa shape index (κ2) is 9.00. The second-order valence-corrected chi connectivity index (χ2v) is 4.97. The maximum atomic E-state index is 11.4. The summed E-state index contributed by atoms with van der Waals surface area (Å²) in [6.07, 6.45) is 4.03. The summed E-state index contributed by atoms with van der Waals surface area (Å²) in [4.78, 5) is 11.4. The van der Waals surface area contributed by atoms with Crippen molar-refractivity contribution in [2.45, 2.75) is 46.1 Å². The molecule has 21 heavy (non-hydrogen) atoms. The molecule has 5 heteroatoms. The number of carbonyl (C=O) groups is 1. The Morgan fingerprint density at radius 3 is 2.76 bits per heavy atom. The van der Waals surface area contributed by atoms with Crippen LogP contribution in [0.5, 0.6) is 11.5 Å². The summed E-state index contributed by atoms with van der Waals surface area (Å²) in [6, 6.07) is 5.51. The van der Waals surface area contributed by atoms with Crippen LogP contribution in [0, 0.1) is 0 Å². The van der Waals surface area contributed by atoms with Crippen molar-refractivity contribution < 1.29 is 14.3 Å². The summed E-state index contributed by atoms with van der Waals surface area (Å²) < 4.78 is 10.9. The van der Waals surface area contributed by atoms with Crippen LogP contribution >= 0.6 is 0 Å². The van der Waals surface area contributed by atoms with E-state index in [1.165, 1.54) is 0 Å². The Hall–Kier alpha value is -2.04. The van der Waals surface area contributed by atoms with Crippen LogP contribution < -0.4 is 14.9 Å². The fourth-order valence-corrected chi connectivity index (χ4v) is 1.69. The zero-order valence-electron chi connectivity index (χ0n) is 13.2. The number of rotatable bonds is 8. The van der Waals surface area contributed by atoms with Gasteiger partial charge in [-0.1, -0.05) is 13.3 Å². The molecule has 0 aliphatic rings. The minimum absolute atomic E-state index is 0.0696. The van der Waals surface area contributed by atoms with Crippen molar-refractivity contribution in [3.05, 3.63) is 23.8 Å². The molecule has 0 unspecified atom stereocenters. The average molecular weight is 292 g/mol. The third-order valence-corrected chi connectivity index (χ3v) is 2.71. The van der Waals surface area contributed by atoms with Crippen LogP contribution in [0.3, 0.4) is 0 Å². The molecule has 1 rings (SSSR count). The van der Waals surface area contributed by atoms with Gasteiger partial charge in [0.25, 0.3) is 0 Å². The highest BCUT2D eigenvalue weighted by Gasteiger charge is 2.06. The van der Waals surface area contributed by atoms with E-state index in [0.29, 0.717) is 17.9 Å². The number of unbranched alkanes of at least 4 members (excludes halogenated alkanes) is 1. The minimum Gasteiger partial charge on any atom is -0.493 e. The lowest BCUT2D eigenvalue weighted by molar-refractivity contribution is -0.121. The average Bonchev–Trinajstić information content (AvgIpc) is 2.46. The molecule has 0 bridgehead atoms. The molecule has 0 radical (unpaired) electrons. The van der Waals surface area contributed by atoms with E-state index in [9.17, 15) is 4.79 Å². The van der Waals surface area contributed by atoms with Crippen molar-refractivity contribution in [3.63, 3.8) is 0 Å². The lowest BCUT2D eigenvalue weighted by Crippen LogP contribution is -2.16. The molecule has 1 aromatic carbocycles. The van der Waals surface area contributed by atoms with E-state index in [1.54, 1.807) is 13.3 Å². The molecular formula is C16H24N2O3. The molecule has 116 valence electrons. The number of benzene rings is 1.